The number of hydrogen-bond donors (Lipinski definition) is 0. The van der Waals surface area contributed by atoms with E-state index in [-0.39, 0.29) is 11.9 Å². The molecule has 0 spiro atoms. The Bertz CT molecular complexity index is 988. The van der Waals surface area contributed by atoms with Crippen molar-refractivity contribution in [1.29, 1.82) is 0 Å². The summed E-state index contributed by atoms with van der Waals surface area (Å²) in [6.45, 7) is 3.96. The van der Waals surface area contributed by atoms with E-state index in [9.17, 15) is 4.79 Å². The van der Waals surface area contributed by atoms with Crippen molar-refractivity contribution in [2.75, 3.05) is 0 Å². The monoisotopic (exact) mass is 365 g/mol. The maximum Gasteiger partial charge on any atom is 0.253 e. The normalized spacial score (nSPS) is 16.9. The van der Waals surface area contributed by atoms with E-state index < -0.39 is 0 Å². The third-order valence-corrected chi connectivity index (χ3v) is 5.17. The maximum absolute atomic E-state index is 12.5. The molecule has 3 aromatic carbocycles. The second kappa shape index (κ2) is 8.10. The highest BCUT2D eigenvalue weighted by atomic mass is 16.2. The molecule has 1 aliphatic rings. The van der Waals surface area contributed by atoms with Gasteiger partial charge in [-0.25, -0.2) is 0 Å². The van der Waals surface area contributed by atoms with Crippen LogP contribution in [0.5, 0.6) is 0 Å². The standard InChI is InChI=1S/C26H23NO/c1-20-18-25(27(26(20)28)17-16-21-8-4-2-5-9-21)19-22-12-14-24(15-13-22)23-10-6-3-7-11-23/h2-17,25H,1,18-19H2/t25-/m0/s1. The topological polar surface area (TPSA) is 20.3 Å². The van der Waals surface area contributed by atoms with Crippen LogP contribution >= 0.6 is 0 Å². The Morgan fingerprint density at radius 2 is 1.46 bits per heavy atom. The summed E-state index contributed by atoms with van der Waals surface area (Å²) in [4.78, 5) is 14.4. The Morgan fingerprint density at radius 1 is 0.857 bits per heavy atom. The third kappa shape index (κ3) is 3.96. The zero-order valence-corrected chi connectivity index (χ0v) is 15.8. The predicted octanol–water partition coefficient (Wildman–Crippen LogP) is 5.72. The highest BCUT2D eigenvalue weighted by molar-refractivity contribution is 5.96. The van der Waals surface area contributed by atoms with Crippen LogP contribution in [0.25, 0.3) is 17.2 Å². The molecule has 1 fully saturated rings. The highest BCUT2D eigenvalue weighted by Gasteiger charge is 2.32. The molecule has 0 aromatic heterocycles. The van der Waals surface area contributed by atoms with E-state index >= 15 is 0 Å². The minimum absolute atomic E-state index is 0.0260. The van der Waals surface area contributed by atoms with E-state index in [1.54, 1.807) is 0 Å². The van der Waals surface area contributed by atoms with Crippen LogP contribution in [0.1, 0.15) is 17.5 Å². The summed E-state index contributed by atoms with van der Waals surface area (Å²) in [7, 11) is 0. The van der Waals surface area contributed by atoms with Gasteiger partial charge in [-0.15, -0.1) is 0 Å². The van der Waals surface area contributed by atoms with Gasteiger partial charge < -0.3 is 4.90 Å². The fraction of sp³-hybridized carbons (Fsp3) is 0.115. The van der Waals surface area contributed by atoms with Gasteiger partial charge in [-0.3, -0.25) is 4.79 Å². The Hall–Kier alpha value is -3.39. The van der Waals surface area contributed by atoms with E-state index in [4.69, 9.17) is 0 Å². The quantitative estimate of drug-likeness (QED) is 0.529. The van der Waals surface area contributed by atoms with Crippen LogP contribution in [0, 0.1) is 0 Å². The molecule has 0 aliphatic carbocycles. The van der Waals surface area contributed by atoms with Gasteiger partial charge in [-0.05, 0) is 41.2 Å². The van der Waals surface area contributed by atoms with Crippen molar-refractivity contribution < 1.29 is 4.79 Å². The first-order valence-corrected chi connectivity index (χ1v) is 9.59. The van der Waals surface area contributed by atoms with E-state index in [1.165, 1.54) is 16.7 Å². The largest absolute Gasteiger partial charge is 0.312 e. The Morgan fingerprint density at radius 3 is 2.14 bits per heavy atom. The van der Waals surface area contributed by atoms with Crippen molar-refractivity contribution >= 4 is 12.0 Å². The zero-order valence-electron chi connectivity index (χ0n) is 15.8. The van der Waals surface area contributed by atoms with Gasteiger partial charge in [0.15, 0.2) is 0 Å². The maximum atomic E-state index is 12.5. The molecule has 1 saturated heterocycles. The SMILES string of the molecule is C=C1C[C@@H](Cc2ccc(-c3ccccc3)cc2)N(C=Cc2ccccc2)C1=O. The van der Waals surface area contributed by atoms with Crippen LogP contribution in [-0.4, -0.2) is 16.8 Å². The molecule has 2 heteroatoms. The number of nitrogens with zero attached hydrogens (tertiary/aromatic N) is 1. The van der Waals surface area contributed by atoms with Gasteiger partial charge in [0.05, 0.1) is 0 Å². The van der Waals surface area contributed by atoms with Crippen molar-refractivity contribution in [1.82, 2.24) is 4.90 Å². The van der Waals surface area contributed by atoms with E-state index in [2.05, 4.69) is 55.1 Å². The lowest BCUT2D eigenvalue weighted by atomic mass is 9.99. The first kappa shape index (κ1) is 18.0. The fourth-order valence-corrected chi connectivity index (χ4v) is 3.64. The van der Waals surface area contributed by atoms with Gasteiger partial charge in [-0.2, -0.15) is 0 Å². The lowest BCUT2D eigenvalue weighted by Gasteiger charge is -2.20. The van der Waals surface area contributed by atoms with Crippen LogP contribution in [0.3, 0.4) is 0 Å². The molecule has 1 aliphatic heterocycles. The molecule has 1 atom stereocenters. The predicted molar refractivity (Wildman–Crippen MR) is 115 cm³/mol. The van der Waals surface area contributed by atoms with Gasteiger partial charge in [-0.1, -0.05) is 91.5 Å². The molecular weight excluding hydrogens is 342 g/mol. The second-order valence-electron chi connectivity index (χ2n) is 7.17. The summed E-state index contributed by atoms with van der Waals surface area (Å²) in [5.41, 5.74) is 5.41. The first-order chi connectivity index (χ1) is 13.7. The van der Waals surface area contributed by atoms with Gasteiger partial charge in [0, 0.05) is 17.8 Å². The summed E-state index contributed by atoms with van der Waals surface area (Å²) in [5.74, 6) is 0.0260. The minimum atomic E-state index is 0.0260. The molecule has 0 radical (unpaired) electrons. The molecule has 0 N–H and O–H groups in total. The minimum Gasteiger partial charge on any atom is -0.312 e. The summed E-state index contributed by atoms with van der Waals surface area (Å²) in [5, 5.41) is 0. The summed E-state index contributed by atoms with van der Waals surface area (Å²) in [6.07, 6.45) is 5.41. The van der Waals surface area contributed by atoms with Crippen LogP contribution in [0.2, 0.25) is 0 Å². The molecule has 1 heterocycles. The average molecular weight is 365 g/mol. The zero-order chi connectivity index (χ0) is 19.3. The summed E-state index contributed by atoms with van der Waals surface area (Å²) < 4.78 is 0. The number of rotatable bonds is 5. The molecule has 0 saturated carbocycles. The molecule has 138 valence electrons. The molecular formula is C26H23NO. The molecule has 4 rings (SSSR count). The van der Waals surface area contributed by atoms with E-state index in [1.807, 2.05) is 53.6 Å². The molecule has 0 unspecified atom stereocenters. The number of hydrogen-bond acceptors (Lipinski definition) is 1. The van der Waals surface area contributed by atoms with Gasteiger partial charge in [0.1, 0.15) is 0 Å². The Kier molecular flexibility index (Phi) is 5.20. The van der Waals surface area contributed by atoms with Crippen molar-refractivity contribution in [3.63, 3.8) is 0 Å². The molecule has 1 amide bonds. The molecule has 3 aromatic rings. The summed E-state index contributed by atoms with van der Waals surface area (Å²) >= 11 is 0. The van der Waals surface area contributed by atoms with Gasteiger partial charge in [0.2, 0.25) is 0 Å². The lowest BCUT2D eigenvalue weighted by Crippen LogP contribution is -2.29. The van der Waals surface area contributed by atoms with Gasteiger partial charge in [0.25, 0.3) is 5.91 Å². The number of amides is 1. The van der Waals surface area contributed by atoms with Crippen LogP contribution in [-0.2, 0) is 11.2 Å². The average Bonchev–Trinajstić information content (AvgIpc) is 3.01. The molecule has 28 heavy (non-hydrogen) atoms. The first-order valence-electron chi connectivity index (χ1n) is 9.59. The van der Waals surface area contributed by atoms with Crippen molar-refractivity contribution in [2.24, 2.45) is 0 Å². The highest BCUT2D eigenvalue weighted by Crippen LogP contribution is 2.27. The Labute approximate surface area is 166 Å². The number of carbonyl (C=O) groups is 1. The summed E-state index contributed by atoms with van der Waals surface area (Å²) in [6, 6.07) is 29.1. The number of likely N-dealkylation sites (tertiary alicyclic amines) is 1. The van der Waals surface area contributed by atoms with Crippen molar-refractivity contribution in [2.45, 2.75) is 18.9 Å². The van der Waals surface area contributed by atoms with Crippen LogP contribution in [0.4, 0.5) is 0 Å². The van der Waals surface area contributed by atoms with Gasteiger partial charge >= 0.3 is 0 Å². The Balaban J connectivity index is 1.50. The molecule has 2 nitrogen and oxygen atoms in total. The number of benzene rings is 3. The van der Waals surface area contributed by atoms with Crippen molar-refractivity contribution in [3.05, 3.63) is 114 Å². The molecule has 0 bridgehead atoms. The smallest absolute Gasteiger partial charge is 0.253 e. The number of carbonyl (C=O) groups excluding carboxylic acids is 1. The van der Waals surface area contributed by atoms with Crippen molar-refractivity contribution in [3.8, 4) is 11.1 Å². The van der Waals surface area contributed by atoms with E-state index in [0.29, 0.717) is 12.0 Å². The fourth-order valence-electron chi connectivity index (χ4n) is 3.64. The van der Waals surface area contributed by atoms with Crippen LogP contribution < -0.4 is 0 Å². The van der Waals surface area contributed by atoms with Crippen LogP contribution in [0.15, 0.2) is 103 Å². The van der Waals surface area contributed by atoms with E-state index in [0.717, 1.165) is 12.0 Å². The second-order valence-corrected chi connectivity index (χ2v) is 7.17. The third-order valence-electron chi connectivity index (χ3n) is 5.17. The lowest BCUT2D eigenvalue weighted by molar-refractivity contribution is -0.123.